The molecule has 2 aromatic rings. The van der Waals surface area contributed by atoms with Crippen LogP contribution in [-0.4, -0.2) is 64.4 Å². The Balaban J connectivity index is 1.31. The van der Waals surface area contributed by atoms with Gasteiger partial charge in [0.1, 0.15) is 6.04 Å². The lowest BCUT2D eigenvalue weighted by molar-refractivity contribution is -0.138. The van der Waals surface area contributed by atoms with Gasteiger partial charge in [0.15, 0.2) is 0 Å². The van der Waals surface area contributed by atoms with Gasteiger partial charge >= 0.3 is 0 Å². The van der Waals surface area contributed by atoms with Crippen LogP contribution in [0.2, 0.25) is 0 Å². The lowest BCUT2D eigenvalue weighted by Gasteiger charge is -2.44. The average molecular weight is 470 g/mol. The number of H-pyrrole nitrogens is 1. The van der Waals surface area contributed by atoms with Gasteiger partial charge in [-0.05, 0) is 49.7 Å². The van der Waals surface area contributed by atoms with Crippen LogP contribution in [-0.2, 0) is 28.0 Å². The van der Waals surface area contributed by atoms with Crippen LogP contribution in [0.25, 0.3) is 0 Å². The molecule has 1 aromatic carbocycles. The maximum atomic E-state index is 13.4. The van der Waals surface area contributed by atoms with Crippen molar-refractivity contribution in [2.24, 2.45) is 0 Å². The molecule has 1 aromatic heterocycles. The van der Waals surface area contributed by atoms with Crippen molar-refractivity contribution in [3.63, 3.8) is 0 Å². The molecule has 3 N–H and O–H groups in total. The molecule has 2 amide bonds. The summed E-state index contributed by atoms with van der Waals surface area (Å²) >= 11 is 1.70. The number of fused-ring (bicyclic) bond motifs is 2. The number of benzene rings is 1. The van der Waals surface area contributed by atoms with Gasteiger partial charge in [-0.15, -0.1) is 0 Å². The highest BCUT2D eigenvalue weighted by Crippen LogP contribution is 2.36. The Morgan fingerprint density at radius 2 is 2.03 bits per heavy atom. The first-order valence-electron chi connectivity index (χ1n) is 12.0. The van der Waals surface area contributed by atoms with Crippen molar-refractivity contribution in [3.05, 3.63) is 53.6 Å². The van der Waals surface area contributed by atoms with Gasteiger partial charge in [0.25, 0.3) is 0 Å². The number of carbonyl (C=O) groups is 2. The number of aromatic amines is 1. The third kappa shape index (κ3) is 5.79. The van der Waals surface area contributed by atoms with E-state index in [9.17, 15) is 9.59 Å². The molecular formula is C25H35N5O2S. The van der Waals surface area contributed by atoms with Gasteiger partial charge in [-0.1, -0.05) is 30.3 Å². The van der Waals surface area contributed by atoms with E-state index in [2.05, 4.69) is 32.7 Å². The fraction of sp³-hybridized carbons (Fsp3) is 0.560. The molecule has 2 aliphatic rings. The zero-order chi connectivity index (χ0) is 23.1. The summed E-state index contributed by atoms with van der Waals surface area (Å²) in [6.07, 6.45) is 9.21. The number of imidazole rings is 1. The summed E-state index contributed by atoms with van der Waals surface area (Å²) in [5.41, 5.74) is 3.43. The number of amides is 2. The van der Waals surface area contributed by atoms with Gasteiger partial charge in [-0.3, -0.25) is 9.59 Å². The molecule has 0 bridgehead atoms. The third-order valence-corrected chi connectivity index (χ3v) is 7.54. The van der Waals surface area contributed by atoms with E-state index >= 15 is 0 Å². The number of piperidine rings is 1. The van der Waals surface area contributed by atoms with Crippen LogP contribution >= 0.6 is 11.8 Å². The minimum absolute atomic E-state index is 0.0334. The summed E-state index contributed by atoms with van der Waals surface area (Å²) in [7, 11) is 0. The van der Waals surface area contributed by atoms with Crippen molar-refractivity contribution < 1.29 is 9.59 Å². The standard InChI is InChI=1S/C25H35N5O2S/c1-33-17-11-21(29-22(31)9-5-8-19-6-3-2-4-7-19)24(32)30-15-12-25(13-16-30)23-20(10-14-28-25)26-18-27-23/h2-4,6-7,18,21,28H,5,8-17H2,1H3,(H,26,27)(H,29,31)/t21-/m0/s1. The molecule has 4 rings (SSSR count). The van der Waals surface area contributed by atoms with Crippen molar-refractivity contribution in [1.29, 1.82) is 0 Å². The monoisotopic (exact) mass is 469 g/mol. The van der Waals surface area contributed by atoms with E-state index in [1.807, 2.05) is 29.4 Å². The van der Waals surface area contributed by atoms with Crippen molar-refractivity contribution in [2.45, 2.75) is 56.5 Å². The highest BCUT2D eigenvalue weighted by molar-refractivity contribution is 7.98. The fourth-order valence-corrected chi connectivity index (χ4v) is 5.51. The molecule has 1 fully saturated rings. The first-order chi connectivity index (χ1) is 16.1. The van der Waals surface area contributed by atoms with Crippen LogP contribution < -0.4 is 10.6 Å². The summed E-state index contributed by atoms with van der Waals surface area (Å²) in [5.74, 6) is 0.860. The number of rotatable bonds is 9. The van der Waals surface area contributed by atoms with Crippen molar-refractivity contribution >= 4 is 23.6 Å². The third-order valence-electron chi connectivity index (χ3n) is 6.89. The number of likely N-dealkylation sites (tertiary alicyclic amines) is 1. The van der Waals surface area contributed by atoms with Crippen molar-refractivity contribution in [2.75, 3.05) is 31.6 Å². The Kier molecular flexibility index (Phi) is 8.09. The highest BCUT2D eigenvalue weighted by atomic mass is 32.2. The number of nitrogens with zero attached hydrogens (tertiary/aromatic N) is 2. The zero-order valence-electron chi connectivity index (χ0n) is 19.4. The molecule has 0 radical (unpaired) electrons. The number of thioether (sulfide) groups is 1. The lowest BCUT2D eigenvalue weighted by Crippen LogP contribution is -2.57. The maximum absolute atomic E-state index is 13.4. The number of aromatic nitrogens is 2. The molecule has 1 saturated heterocycles. The van der Waals surface area contributed by atoms with Gasteiger partial charge in [0.05, 0.1) is 17.6 Å². The first-order valence-corrected chi connectivity index (χ1v) is 13.4. The smallest absolute Gasteiger partial charge is 0.245 e. The molecular weight excluding hydrogens is 434 g/mol. The maximum Gasteiger partial charge on any atom is 0.245 e. The summed E-state index contributed by atoms with van der Waals surface area (Å²) < 4.78 is 0. The highest BCUT2D eigenvalue weighted by Gasteiger charge is 2.42. The van der Waals surface area contributed by atoms with Gasteiger partial charge in [0, 0.05) is 38.2 Å². The van der Waals surface area contributed by atoms with Crippen molar-refractivity contribution in [1.82, 2.24) is 25.5 Å². The molecule has 0 saturated carbocycles. The van der Waals surface area contributed by atoms with Crippen LogP contribution in [0.5, 0.6) is 0 Å². The van der Waals surface area contributed by atoms with E-state index in [-0.39, 0.29) is 17.4 Å². The van der Waals surface area contributed by atoms with Crippen LogP contribution in [0.3, 0.4) is 0 Å². The molecule has 178 valence electrons. The molecule has 1 atom stereocenters. The fourth-order valence-electron chi connectivity index (χ4n) is 5.03. The summed E-state index contributed by atoms with van der Waals surface area (Å²) in [6.45, 7) is 2.29. The Bertz CT molecular complexity index is 924. The molecule has 8 heteroatoms. The molecule has 1 spiro atoms. The Morgan fingerprint density at radius 1 is 1.24 bits per heavy atom. The summed E-state index contributed by atoms with van der Waals surface area (Å²) in [6, 6.07) is 9.75. The first kappa shape index (κ1) is 23.8. The number of carbonyl (C=O) groups excluding carboxylic acids is 2. The second kappa shape index (κ2) is 11.2. The quantitative estimate of drug-likeness (QED) is 0.525. The van der Waals surface area contributed by atoms with Gasteiger partial charge in [0.2, 0.25) is 11.8 Å². The van der Waals surface area contributed by atoms with Crippen molar-refractivity contribution in [3.8, 4) is 0 Å². The summed E-state index contributed by atoms with van der Waals surface area (Å²) in [4.78, 5) is 35.8. The predicted octanol–water partition coefficient (Wildman–Crippen LogP) is 2.63. The van der Waals surface area contributed by atoms with Crippen LogP contribution in [0, 0.1) is 0 Å². The largest absolute Gasteiger partial charge is 0.348 e. The Labute approximate surface area is 200 Å². The molecule has 0 aliphatic carbocycles. The Hall–Kier alpha value is -2.32. The number of hydrogen-bond acceptors (Lipinski definition) is 5. The lowest BCUT2D eigenvalue weighted by atomic mass is 9.80. The topological polar surface area (TPSA) is 90.1 Å². The van der Waals surface area contributed by atoms with E-state index in [1.165, 1.54) is 11.3 Å². The van der Waals surface area contributed by atoms with Gasteiger partial charge < -0.3 is 20.5 Å². The normalized spacial score (nSPS) is 18.0. The molecule has 2 aliphatic heterocycles. The van der Waals surface area contributed by atoms with Gasteiger partial charge in [-0.25, -0.2) is 4.98 Å². The van der Waals surface area contributed by atoms with Gasteiger partial charge in [-0.2, -0.15) is 11.8 Å². The van der Waals surface area contributed by atoms with E-state index < -0.39 is 6.04 Å². The van der Waals surface area contributed by atoms with Crippen LogP contribution in [0.4, 0.5) is 0 Å². The molecule has 3 heterocycles. The number of nitrogens with one attached hydrogen (secondary N) is 3. The van der Waals surface area contributed by atoms with Crippen LogP contribution in [0.1, 0.15) is 49.1 Å². The number of aryl methyl sites for hydroxylation is 1. The van der Waals surface area contributed by atoms with E-state index in [0.29, 0.717) is 25.9 Å². The average Bonchev–Trinajstić information content (AvgIpc) is 3.33. The van der Waals surface area contributed by atoms with E-state index in [1.54, 1.807) is 18.1 Å². The second-order valence-corrected chi connectivity index (χ2v) is 10.0. The zero-order valence-corrected chi connectivity index (χ0v) is 20.3. The SMILES string of the molecule is CSCC[C@H](NC(=O)CCCc1ccccc1)C(=O)N1CCC2(CC1)NCCc1[nH]cnc12. The predicted molar refractivity (Wildman–Crippen MR) is 132 cm³/mol. The van der Waals surface area contributed by atoms with E-state index in [4.69, 9.17) is 0 Å². The van der Waals surface area contributed by atoms with Crippen LogP contribution in [0.15, 0.2) is 36.7 Å². The molecule has 7 nitrogen and oxygen atoms in total. The number of hydrogen-bond donors (Lipinski definition) is 3. The molecule has 33 heavy (non-hydrogen) atoms. The summed E-state index contributed by atoms with van der Waals surface area (Å²) in [5, 5.41) is 6.72. The molecule has 0 unspecified atom stereocenters. The minimum Gasteiger partial charge on any atom is -0.348 e. The minimum atomic E-state index is -0.448. The van der Waals surface area contributed by atoms with E-state index in [0.717, 1.165) is 50.1 Å². The Morgan fingerprint density at radius 3 is 2.79 bits per heavy atom. The second-order valence-electron chi connectivity index (χ2n) is 9.05.